The van der Waals surface area contributed by atoms with E-state index in [0.717, 1.165) is 0 Å². The highest BCUT2D eigenvalue weighted by Crippen LogP contribution is 2.46. The molecule has 0 saturated carbocycles. The Balaban J connectivity index is 4.92. The zero-order valence-corrected chi connectivity index (χ0v) is 13.2. The van der Waals surface area contributed by atoms with Crippen LogP contribution in [-0.4, -0.2) is 51.5 Å². The molecule has 0 aliphatic rings. The van der Waals surface area contributed by atoms with Gasteiger partial charge in [0.2, 0.25) is 0 Å². The van der Waals surface area contributed by atoms with E-state index in [9.17, 15) is 47.9 Å². The zero-order chi connectivity index (χ0) is 20.2. The molecule has 0 heterocycles. The first kappa shape index (κ1) is 24.2. The summed E-state index contributed by atoms with van der Waals surface area (Å²) in [5, 5.41) is 0. The fourth-order valence-electron chi connectivity index (χ4n) is 1.10. The van der Waals surface area contributed by atoms with Gasteiger partial charge >= 0.3 is 33.4 Å². The topological polar surface area (TPSA) is 61.8 Å². The summed E-state index contributed by atoms with van der Waals surface area (Å²) in [6.45, 7) is -3.80. The van der Waals surface area contributed by atoms with E-state index in [1.54, 1.807) is 6.92 Å². The highest BCUT2D eigenvalue weighted by Gasteiger charge is 2.72. The molecule has 0 amide bonds. The Hall–Kier alpha value is -0.800. The molecule has 0 fully saturated rings. The summed E-state index contributed by atoms with van der Waals surface area (Å²) in [6.07, 6.45) is 0.626. The Morgan fingerprint density at radius 3 is 1.76 bits per heavy atom. The van der Waals surface area contributed by atoms with E-state index in [0.29, 0.717) is 6.42 Å². The van der Waals surface area contributed by atoms with E-state index in [-0.39, 0.29) is 6.42 Å². The van der Waals surface area contributed by atoms with Crippen LogP contribution in [0.15, 0.2) is 0 Å². The van der Waals surface area contributed by atoms with Crippen LogP contribution >= 0.6 is 0 Å². The molecule has 0 aromatic heterocycles. The Bertz CT molecular complexity index is 517. The maximum absolute atomic E-state index is 13.3. The van der Waals surface area contributed by atoms with E-state index >= 15 is 0 Å². The Labute approximate surface area is 136 Å². The average Bonchev–Trinajstić information content (AvgIpc) is 2.41. The first-order chi connectivity index (χ1) is 11.0. The van der Waals surface area contributed by atoms with Crippen molar-refractivity contribution in [2.75, 3.05) is 19.8 Å². The summed E-state index contributed by atoms with van der Waals surface area (Å²) < 4.78 is 142. The predicted octanol–water partition coefficient (Wildman–Crippen LogP) is 3.51. The van der Waals surface area contributed by atoms with Crippen molar-refractivity contribution in [3.8, 4) is 0 Å². The van der Waals surface area contributed by atoms with Crippen LogP contribution in [0.4, 0.5) is 39.5 Å². The van der Waals surface area contributed by atoms with E-state index < -0.39 is 53.2 Å². The largest absolute Gasteiger partial charge is 0.525 e. The molecule has 25 heavy (non-hydrogen) atoms. The zero-order valence-electron chi connectivity index (χ0n) is 12.4. The third kappa shape index (κ3) is 6.14. The van der Waals surface area contributed by atoms with E-state index in [4.69, 9.17) is 0 Å². The van der Waals surface area contributed by atoms with Gasteiger partial charge in [-0.2, -0.15) is 47.9 Å². The lowest BCUT2D eigenvalue weighted by Gasteiger charge is -2.32. The monoisotopic (exact) mass is 416 g/mol. The molecule has 0 spiro atoms. The first-order valence-electron chi connectivity index (χ1n) is 6.35. The second kappa shape index (κ2) is 8.26. The van der Waals surface area contributed by atoms with Crippen molar-refractivity contribution < 1.29 is 61.9 Å². The van der Waals surface area contributed by atoms with Gasteiger partial charge < -0.3 is 4.74 Å². The number of ether oxygens (including phenoxy) is 1. The van der Waals surface area contributed by atoms with Crippen LogP contribution in [0.2, 0.25) is 0 Å². The maximum atomic E-state index is 13.3. The third-order valence-corrected chi connectivity index (χ3v) is 3.35. The van der Waals surface area contributed by atoms with Gasteiger partial charge in [0.1, 0.15) is 6.61 Å². The molecular weight excluding hydrogens is 403 g/mol. The van der Waals surface area contributed by atoms with Crippen molar-refractivity contribution in [3.05, 3.63) is 0 Å². The quantitative estimate of drug-likeness (QED) is 0.170. The standard InChI is InChI=1S/C10H13F9O5S/c1-2-3-4-22-5-7(11,12)9(15,16)8(13,14)6-23-24-25(20,21)10(17,18)19/h2-6H2,1H3. The summed E-state index contributed by atoms with van der Waals surface area (Å²) in [5.74, 6) is -17.3. The summed E-state index contributed by atoms with van der Waals surface area (Å²) in [5.41, 5.74) is -6.10. The minimum absolute atomic E-state index is 0.185. The molecule has 0 bridgehead atoms. The van der Waals surface area contributed by atoms with E-state index in [1.165, 1.54) is 0 Å². The smallest absolute Gasteiger partial charge is 0.375 e. The SMILES string of the molecule is CCCCOCC(F)(F)C(F)(F)C(F)(F)COOS(=O)(=O)C(F)(F)F. The second-order valence-electron chi connectivity index (χ2n) is 4.62. The molecule has 0 unspecified atom stereocenters. The lowest BCUT2D eigenvalue weighted by atomic mass is 10.1. The summed E-state index contributed by atoms with van der Waals surface area (Å²) in [6, 6.07) is 0. The van der Waals surface area contributed by atoms with Crippen molar-refractivity contribution in [3.63, 3.8) is 0 Å². The van der Waals surface area contributed by atoms with Crippen molar-refractivity contribution in [1.82, 2.24) is 0 Å². The minimum atomic E-state index is -6.53. The summed E-state index contributed by atoms with van der Waals surface area (Å²) in [4.78, 5) is 2.90. The lowest BCUT2D eigenvalue weighted by Crippen LogP contribution is -2.58. The Morgan fingerprint density at radius 1 is 0.840 bits per heavy atom. The number of halogens is 9. The number of rotatable bonds is 11. The Morgan fingerprint density at radius 2 is 1.32 bits per heavy atom. The molecule has 5 nitrogen and oxygen atoms in total. The first-order valence-corrected chi connectivity index (χ1v) is 7.76. The van der Waals surface area contributed by atoms with Gasteiger partial charge in [-0.3, -0.25) is 0 Å². The van der Waals surface area contributed by atoms with Crippen LogP contribution in [0.25, 0.3) is 0 Å². The molecule has 0 aromatic carbocycles. The van der Waals surface area contributed by atoms with Crippen LogP contribution in [0.3, 0.4) is 0 Å². The average molecular weight is 416 g/mol. The highest BCUT2D eigenvalue weighted by molar-refractivity contribution is 7.87. The van der Waals surface area contributed by atoms with E-state index in [2.05, 4.69) is 14.0 Å². The molecule has 0 radical (unpaired) electrons. The molecule has 0 saturated heterocycles. The van der Waals surface area contributed by atoms with Gasteiger partial charge in [0, 0.05) is 6.61 Å². The molecule has 0 aliphatic heterocycles. The van der Waals surface area contributed by atoms with Gasteiger partial charge in [0.25, 0.3) is 0 Å². The second-order valence-corrected chi connectivity index (χ2v) is 6.13. The molecule has 15 heteroatoms. The van der Waals surface area contributed by atoms with Crippen LogP contribution in [-0.2, 0) is 24.1 Å². The maximum Gasteiger partial charge on any atom is 0.525 e. The van der Waals surface area contributed by atoms with Gasteiger partial charge in [0.05, 0.1) is 0 Å². The van der Waals surface area contributed by atoms with Gasteiger partial charge in [-0.1, -0.05) is 17.7 Å². The minimum Gasteiger partial charge on any atom is -0.375 e. The van der Waals surface area contributed by atoms with Gasteiger partial charge in [-0.25, -0.2) is 4.89 Å². The van der Waals surface area contributed by atoms with Crippen LogP contribution < -0.4 is 0 Å². The van der Waals surface area contributed by atoms with Crippen molar-refractivity contribution in [1.29, 1.82) is 0 Å². The highest BCUT2D eigenvalue weighted by atomic mass is 32.2. The normalized spacial score (nSPS) is 14.8. The number of unbranched alkanes of at least 4 members (excludes halogenated alkanes) is 1. The van der Waals surface area contributed by atoms with Gasteiger partial charge in [-0.05, 0) is 6.42 Å². The van der Waals surface area contributed by atoms with Crippen molar-refractivity contribution in [2.24, 2.45) is 0 Å². The fourth-order valence-corrected chi connectivity index (χ4v) is 1.35. The molecule has 0 atom stereocenters. The number of hydrogen-bond donors (Lipinski definition) is 0. The lowest BCUT2D eigenvalue weighted by molar-refractivity contribution is -0.353. The fraction of sp³-hybridized carbons (Fsp3) is 1.00. The molecular formula is C10H13F9O5S. The van der Waals surface area contributed by atoms with E-state index in [1.807, 2.05) is 0 Å². The number of hydrogen-bond acceptors (Lipinski definition) is 5. The molecule has 152 valence electrons. The van der Waals surface area contributed by atoms with Crippen LogP contribution in [0, 0.1) is 0 Å². The summed E-state index contributed by atoms with van der Waals surface area (Å²) in [7, 11) is -6.53. The van der Waals surface area contributed by atoms with Gasteiger partial charge in [-0.15, -0.1) is 0 Å². The number of alkyl halides is 9. The van der Waals surface area contributed by atoms with Crippen LogP contribution in [0.1, 0.15) is 19.8 Å². The van der Waals surface area contributed by atoms with Crippen molar-refractivity contribution >= 4 is 10.1 Å². The molecule has 0 N–H and O–H groups in total. The third-order valence-electron chi connectivity index (χ3n) is 2.51. The van der Waals surface area contributed by atoms with Gasteiger partial charge in [0.15, 0.2) is 6.61 Å². The molecule has 0 aromatic rings. The Kier molecular flexibility index (Phi) is 8.00. The van der Waals surface area contributed by atoms with Crippen LogP contribution in [0.5, 0.6) is 0 Å². The summed E-state index contributed by atoms with van der Waals surface area (Å²) >= 11 is 0. The molecule has 0 rings (SSSR count). The van der Waals surface area contributed by atoms with Crippen molar-refractivity contribution in [2.45, 2.75) is 43.0 Å². The predicted molar refractivity (Wildman–Crippen MR) is 62.6 cm³/mol. The molecule has 0 aliphatic carbocycles.